The lowest BCUT2D eigenvalue weighted by molar-refractivity contribution is -0.108. The number of carbonyl (C=O) groups excluding carboxylic acids is 1. The highest BCUT2D eigenvalue weighted by molar-refractivity contribution is 5.52. The second-order valence-electron chi connectivity index (χ2n) is 4.48. The molecule has 0 aliphatic carbocycles. The van der Waals surface area contributed by atoms with E-state index in [-0.39, 0.29) is 17.6 Å². The van der Waals surface area contributed by atoms with Crippen LogP contribution in [0.1, 0.15) is 23.5 Å². The maximum Gasteiger partial charge on any atom is 0.123 e. The summed E-state index contributed by atoms with van der Waals surface area (Å²) in [4.78, 5) is 10.8. The average molecular weight is 260 g/mol. The lowest BCUT2D eigenvalue weighted by atomic mass is 9.90. The third-order valence-corrected chi connectivity index (χ3v) is 3.12. The minimum absolute atomic E-state index is 0.0106. The first-order chi connectivity index (χ1) is 9.19. The van der Waals surface area contributed by atoms with E-state index in [9.17, 15) is 13.6 Å². The van der Waals surface area contributed by atoms with Gasteiger partial charge >= 0.3 is 0 Å². The van der Waals surface area contributed by atoms with Crippen molar-refractivity contribution < 1.29 is 13.6 Å². The molecular formula is C16H14F2O. The zero-order valence-corrected chi connectivity index (χ0v) is 10.4. The van der Waals surface area contributed by atoms with E-state index in [4.69, 9.17) is 0 Å². The van der Waals surface area contributed by atoms with Crippen molar-refractivity contribution in [2.75, 3.05) is 0 Å². The minimum atomic E-state index is -0.296. The van der Waals surface area contributed by atoms with Crippen LogP contribution < -0.4 is 0 Å². The van der Waals surface area contributed by atoms with Crippen LogP contribution in [0, 0.1) is 11.6 Å². The molecule has 0 saturated heterocycles. The van der Waals surface area contributed by atoms with Gasteiger partial charge in [0.05, 0.1) is 0 Å². The summed E-state index contributed by atoms with van der Waals surface area (Å²) < 4.78 is 25.7. The molecule has 98 valence electrons. The molecular weight excluding hydrogens is 246 g/mol. The molecule has 2 aromatic carbocycles. The van der Waals surface area contributed by atoms with Crippen LogP contribution in [0.15, 0.2) is 48.5 Å². The van der Waals surface area contributed by atoms with Crippen LogP contribution >= 0.6 is 0 Å². The number of benzene rings is 2. The second kappa shape index (κ2) is 6.23. The van der Waals surface area contributed by atoms with Crippen molar-refractivity contribution in [1.82, 2.24) is 0 Å². The Hall–Kier alpha value is -2.03. The summed E-state index contributed by atoms with van der Waals surface area (Å²) in [6.07, 6.45) is 1.85. The fraction of sp³-hybridized carbons (Fsp3) is 0.188. The lowest BCUT2D eigenvalue weighted by Gasteiger charge is -2.15. The topological polar surface area (TPSA) is 17.1 Å². The molecule has 0 aromatic heterocycles. The van der Waals surface area contributed by atoms with Crippen molar-refractivity contribution in [3.8, 4) is 0 Å². The summed E-state index contributed by atoms with van der Waals surface area (Å²) in [5, 5.41) is 0. The van der Waals surface area contributed by atoms with Crippen LogP contribution in [0.2, 0.25) is 0 Å². The highest BCUT2D eigenvalue weighted by atomic mass is 19.1. The molecule has 0 fully saturated rings. The largest absolute Gasteiger partial charge is 0.303 e. The normalized spacial score (nSPS) is 12.1. The van der Waals surface area contributed by atoms with Crippen LogP contribution in [-0.4, -0.2) is 6.29 Å². The number of carbonyl (C=O) groups is 1. The van der Waals surface area contributed by atoms with E-state index < -0.39 is 0 Å². The van der Waals surface area contributed by atoms with Gasteiger partial charge in [-0.05, 0) is 47.7 Å². The molecule has 1 atom stereocenters. The fourth-order valence-electron chi connectivity index (χ4n) is 2.09. The highest BCUT2D eigenvalue weighted by Gasteiger charge is 2.12. The Morgan fingerprint density at radius 2 is 1.42 bits per heavy atom. The van der Waals surface area contributed by atoms with Crippen LogP contribution in [0.25, 0.3) is 0 Å². The van der Waals surface area contributed by atoms with Crippen molar-refractivity contribution >= 4 is 6.29 Å². The summed E-state index contributed by atoms with van der Waals surface area (Å²) in [5.41, 5.74) is 1.87. The first kappa shape index (κ1) is 13.4. The molecule has 3 heteroatoms. The molecule has 2 rings (SSSR count). The van der Waals surface area contributed by atoms with Gasteiger partial charge in [0, 0.05) is 6.42 Å². The maximum absolute atomic E-state index is 12.9. The van der Waals surface area contributed by atoms with Crippen molar-refractivity contribution in [2.24, 2.45) is 0 Å². The van der Waals surface area contributed by atoms with Crippen LogP contribution in [0.5, 0.6) is 0 Å². The number of halogens is 2. The first-order valence-electron chi connectivity index (χ1n) is 6.12. The summed E-state index contributed by atoms with van der Waals surface area (Å²) in [6.45, 7) is 0. The second-order valence-corrected chi connectivity index (χ2v) is 4.48. The average Bonchev–Trinajstić information content (AvgIpc) is 2.42. The van der Waals surface area contributed by atoms with Crippen molar-refractivity contribution in [3.63, 3.8) is 0 Å². The maximum atomic E-state index is 12.9. The van der Waals surface area contributed by atoms with Crippen LogP contribution in [0.3, 0.4) is 0 Å². The third-order valence-electron chi connectivity index (χ3n) is 3.12. The molecule has 2 aromatic rings. The van der Waals surface area contributed by atoms with Crippen molar-refractivity contribution in [3.05, 3.63) is 71.3 Å². The van der Waals surface area contributed by atoms with Gasteiger partial charge in [-0.2, -0.15) is 0 Å². The van der Waals surface area contributed by atoms with Gasteiger partial charge in [-0.25, -0.2) is 8.78 Å². The van der Waals surface area contributed by atoms with Gasteiger partial charge in [0.1, 0.15) is 17.9 Å². The smallest absolute Gasteiger partial charge is 0.123 e. The molecule has 0 aliphatic rings. The number of hydrogen-bond acceptors (Lipinski definition) is 1. The molecule has 0 radical (unpaired) electrons. The molecule has 19 heavy (non-hydrogen) atoms. The summed E-state index contributed by atoms with van der Waals surface area (Å²) in [5.74, 6) is -0.587. The van der Waals surface area contributed by atoms with E-state index in [1.807, 2.05) is 0 Å². The van der Waals surface area contributed by atoms with Gasteiger partial charge in [-0.1, -0.05) is 24.3 Å². The Balaban J connectivity index is 2.18. The Bertz CT molecular complexity index is 532. The van der Waals surface area contributed by atoms with Gasteiger partial charge in [0.25, 0.3) is 0 Å². The highest BCUT2D eigenvalue weighted by Crippen LogP contribution is 2.24. The summed E-state index contributed by atoms with van der Waals surface area (Å²) in [6, 6.07) is 12.4. The minimum Gasteiger partial charge on any atom is -0.303 e. The molecule has 0 bridgehead atoms. The Morgan fingerprint density at radius 3 is 1.95 bits per heavy atom. The van der Waals surface area contributed by atoms with Gasteiger partial charge in [-0.15, -0.1) is 0 Å². The zero-order valence-electron chi connectivity index (χ0n) is 10.4. The first-order valence-corrected chi connectivity index (χ1v) is 6.12. The Kier molecular flexibility index (Phi) is 4.39. The lowest BCUT2D eigenvalue weighted by Crippen LogP contribution is -2.04. The predicted octanol–water partition coefficient (Wildman–Crippen LogP) is 3.88. The van der Waals surface area contributed by atoms with Gasteiger partial charge in [-0.3, -0.25) is 0 Å². The van der Waals surface area contributed by atoms with E-state index in [2.05, 4.69) is 0 Å². The monoisotopic (exact) mass is 260 g/mol. The molecule has 0 heterocycles. The number of rotatable bonds is 5. The van der Waals surface area contributed by atoms with E-state index in [0.29, 0.717) is 12.8 Å². The molecule has 0 aliphatic heterocycles. The van der Waals surface area contributed by atoms with Crippen LogP contribution in [-0.2, 0) is 11.2 Å². The van der Waals surface area contributed by atoms with Crippen molar-refractivity contribution in [1.29, 1.82) is 0 Å². The number of hydrogen-bond donors (Lipinski definition) is 0. The van der Waals surface area contributed by atoms with Gasteiger partial charge in [0.2, 0.25) is 0 Å². The predicted molar refractivity (Wildman–Crippen MR) is 69.9 cm³/mol. The van der Waals surface area contributed by atoms with E-state index in [1.54, 1.807) is 24.3 Å². The quantitative estimate of drug-likeness (QED) is 0.746. The SMILES string of the molecule is O=CCC(Cc1ccc(F)cc1)c1ccc(F)cc1. The zero-order chi connectivity index (χ0) is 13.7. The number of aldehydes is 1. The molecule has 1 unspecified atom stereocenters. The molecule has 0 amide bonds. The van der Waals surface area contributed by atoms with E-state index in [0.717, 1.165) is 17.4 Å². The molecule has 0 saturated carbocycles. The Labute approximate surface area is 110 Å². The van der Waals surface area contributed by atoms with Gasteiger partial charge in [0.15, 0.2) is 0 Å². The van der Waals surface area contributed by atoms with Crippen LogP contribution in [0.4, 0.5) is 8.78 Å². The van der Waals surface area contributed by atoms with Crippen molar-refractivity contribution in [2.45, 2.75) is 18.8 Å². The molecule has 0 spiro atoms. The Morgan fingerprint density at radius 1 is 0.895 bits per heavy atom. The van der Waals surface area contributed by atoms with E-state index >= 15 is 0 Å². The summed E-state index contributed by atoms with van der Waals surface area (Å²) >= 11 is 0. The van der Waals surface area contributed by atoms with E-state index in [1.165, 1.54) is 24.3 Å². The summed E-state index contributed by atoms with van der Waals surface area (Å²) in [7, 11) is 0. The fourth-order valence-corrected chi connectivity index (χ4v) is 2.09. The van der Waals surface area contributed by atoms with Gasteiger partial charge < -0.3 is 4.79 Å². The third kappa shape index (κ3) is 3.71. The molecule has 0 N–H and O–H groups in total. The molecule has 1 nitrogen and oxygen atoms in total. The standard InChI is InChI=1S/C16H14F2O/c17-15-5-1-12(2-6-15)11-14(9-10-19)13-3-7-16(18)8-4-13/h1-8,10,14H,9,11H2.